The molecule has 0 nitrogen and oxygen atoms in total. The second-order valence-corrected chi connectivity index (χ2v) is 2.74. The molecule has 0 aliphatic rings. The van der Waals surface area contributed by atoms with Gasteiger partial charge in [0.25, 0.3) is 0 Å². The summed E-state index contributed by atoms with van der Waals surface area (Å²) in [5.74, 6) is 0. The van der Waals surface area contributed by atoms with E-state index in [0.717, 1.165) is 9.90 Å². The van der Waals surface area contributed by atoms with Gasteiger partial charge in [0.1, 0.15) is 0 Å². The Morgan fingerprint density at radius 2 is 2.43 bits per heavy atom. The fraction of sp³-hybridized carbons (Fsp3) is 0. The van der Waals surface area contributed by atoms with E-state index in [1.165, 1.54) is 11.3 Å². The molecule has 7 heavy (non-hydrogen) atoms. The molecule has 37 valence electrons. The third kappa shape index (κ3) is 0.956. The number of hydrogen-bond acceptors (Lipinski definition) is 1. The molecule has 0 bridgehead atoms. The van der Waals surface area contributed by atoms with Gasteiger partial charge in [-0.3, -0.25) is 0 Å². The van der Waals surface area contributed by atoms with Gasteiger partial charge in [-0.15, -0.1) is 11.3 Å². The lowest BCUT2D eigenvalue weighted by Crippen LogP contribution is -1.54. The SMILES string of the molecule is [CH2]c1ccsc1Cl. The topological polar surface area (TPSA) is 0 Å². The molecule has 0 fully saturated rings. The Kier molecular flexibility index (Phi) is 1.35. The average molecular weight is 132 g/mol. The summed E-state index contributed by atoms with van der Waals surface area (Å²) in [5.41, 5.74) is 0.923. The van der Waals surface area contributed by atoms with E-state index in [0.29, 0.717) is 0 Å². The van der Waals surface area contributed by atoms with Gasteiger partial charge < -0.3 is 0 Å². The largest absolute Gasteiger partial charge is 0.132 e. The number of halogens is 1. The van der Waals surface area contributed by atoms with Crippen LogP contribution in [0.3, 0.4) is 0 Å². The minimum absolute atomic E-state index is 0.792. The van der Waals surface area contributed by atoms with Crippen LogP contribution in [0.4, 0.5) is 0 Å². The van der Waals surface area contributed by atoms with Gasteiger partial charge in [-0.25, -0.2) is 0 Å². The zero-order valence-electron chi connectivity index (χ0n) is 3.65. The normalized spacial score (nSPS) is 9.43. The van der Waals surface area contributed by atoms with Gasteiger partial charge in [-0.1, -0.05) is 11.6 Å². The van der Waals surface area contributed by atoms with E-state index in [4.69, 9.17) is 11.6 Å². The summed E-state index contributed by atoms with van der Waals surface area (Å²) < 4.78 is 0.792. The van der Waals surface area contributed by atoms with Crippen LogP contribution < -0.4 is 0 Å². The molecule has 2 heteroatoms. The molecule has 0 aromatic carbocycles. The molecule has 0 aliphatic carbocycles. The van der Waals surface area contributed by atoms with Gasteiger partial charge in [0, 0.05) is 0 Å². The monoisotopic (exact) mass is 131 g/mol. The van der Waals surface area contributed by atoms with Gasteiger partial charge in [0.05, 0.1) is 4.34 Å². The van der Waals surface area contributed by atoms with Gasteiger partial charge in [0.15, 0.2) is 0 Å². The average Bonchev–Trinajstić information content (AvgIpc) is 1.91. The van der Waals surface area contributed by atoms with Gasteiger partial charge >= 0.3 is 0 Å². The van der Waals surface area contributed by atoms with E-state index in [1.807, 2.05) is 11.4 Å². The maximum absolute atomic E-state index is 5.58. The Hall–Kier alpha value is -0.0100. The molecule has 0 N–H and O–H groups in total. The molecule has 0 saturated heterocycles. The van der Waals surface area contributed by atoms with Crippen LogP contribution in [-0.2, 0) is 0 Å². The predicted octanol–water partition coefficient (Wildman–Crippen LogP) is 2.58. The quantitative estimate of drug-likeness (QED) is 0.508. The van der Waals surface area contributed by atoms with Crippen molar-refractivity contribution >= 4 is 22.9 Å². The Morgan fingerprint density at radius 1 is 1.71 bits per heavy atom. The summed E-state index contributed by atoms with van der Waals surface area (Å²) in [6.45, 7) is 3.66. The molecular weight excluding hydrogens is 128 g/mol. The van der Waals surface area contributed by atoms with Crippen LogP contribution in [0.2, 0.25) is 4.34 Å². The van der Waals surface area contributed by atoms with Gasteiger partial charge in [0.2, 0.25) is 0 Å². The maximum Gasteiger partial charge on any atom is 0.0960 e. The van der Waals surface area contributed by atoms with Gasteiger partial charge in [-0.2, -0.15) is 0 Å². The Balaban J connectivity index is 3.12. The van der Waals surface area contributed by atoms with Crippen molar-refractivity contribution in [2.24, 2.45) is 0 Å². The van der Waals surface area contributed by atoms with E-state index >= 15 is 0 Å². The van der Waals surface area contributed by atoms with Gasteiger partial charge in [-0.05, 0) is 23.9 Å². The summed E-state index contributed by atoms with van der Waals surface area (Å²) in [6.07, 6.45) is 0. The Labute approximate surface area is 51.7 Å². The molecule has 1 rings (SSSR count). The lowest BCUT2D eigenvalue weighted by Gasteiger charge is -1.76. The lowest BCUT2D eigenvalue weighted by atomic mass is 10.4. The van der Waals surface area contributed by atoms with Crippen LogP contribution in [0.15, 0.2) is 11.4 Å². The summed E-state index contributed by atoms with van der Waals surface area (Å²) in [6, 6.07) is 1.90. The number of thiophene rings is 1. The summed E-state index contributed by atoms with van der Waals surface area (Å²) in [4.78, 5) is 0. The van der Waals surface area contributed by atoms with Crippen LogP contribution in [-0.4, -0.2) is 0 Å². The highest BCUT2D eigenvalue weighted by molar-refractivity contribution is 7.14. The first kappa shape index (κ1) is 5.13. The minimum Gasteiger partial charge on any atom is -0.132 e. The molecular formula is C5H4ClS. The van der Waals surface area contributed by atoms with Crippen molar-refractivity contribution in [2.75, 3.05) is 0 Å². The first-order valence-electron chi connectivity index (χ1n) is 1.85. The Morgan fingerprint density at radius 3 is 2.57 bits per heavy atom. The predicted molar refractivity (Wildman–Crippen MR) is 33.8 cm³/mol. The molecule has 0 saturated carbocycles. The van der Waals surface area contributed by atoms with E-state index < -0.39 is 0 Å². The standard InChI is InChI=1S/C5H4ClS/c1-4-2-3-7-5(4)6/h2-3H,1H2. The van der Waals surface area contributed by atoms with E-state index in [1.54, 1.807) is 0 Å². The Bertz CT molecular complexity index is 140. The van der Waals surface area contributed by atoms with Crippen molar-refractivity contribution in [1.82, 2.24) is 0 Å². The third-order valence-electron chi connectivity index (χ3n) is 0.693. The fourth-order valence-electron chi connectivity index (χ4n) is 0.317. The molecule has 1 radical (unpaired) electrons. The lowest BCUT2D eigenvalue weighted by molar-refractivity contribution is 1.79. The summed E-state index contributed by atoms with van der Waals surface area (Å²) in [7, 11) is 0. The van der Waals surface area contributed by atoms with Crippen LogP contribution >= 0.6 is 22.9 Å². The smallest absolute Gasteiger partial charge is 0.0960 e. The molecule has 1 heterocycles. The van der Waals surface area contributed by atoms with Crippen molar-refractivity contribution in [3.8, 4) is 0 Å². The van der Waals surface area contributed by atoms with Crippen molar-refractivity contribution in [3.63, 3.8) is 0 Å². The molecule has 1 aromatic rings. The fourth-order valence-corrected chi connectivity index (χ4v) is 1.11. The zero-order valence-corrected chi connectivity index (χ0v) is 5.22. The van der Waals surface area contributed by atoms with Crippen molar-refractivity contribution in [3.05, 3.63) is 28.3 Å². The summed E-state index contributed by atoms with van der Waals surface area (Å²) in [5, 5.41) is 1.92. The van der Waals surface area contributed by atoms with E-state index in [9.17, 15) is 0 Å². The number of rotatable bonds is 0. The minimum atomic E-state index is 0.792. The van der Waals surface area contributed by atoms with E-state index in [2.05, 4.69) is 6.92 Å². The summed E-state index contributed by atoms with van der Waals surface area (Å²) >= 11 is 7.09. The first-order valence-corrected chi connectivity index (χ1v) is 3.11. The molecule has 0 amide bonds. The van der Waals surface area contributed by atoms with Crippen LogP contribution in [0.5, 0.6) is 0 Å². The highest BCUT2D eigenvalue weighted by Crippen LogP contribution is 2.20. The third-order valence-corrected chi connectivity index (χ3v) is 1.94. The van der Waals surface area contributed by atoms with Crippen LogP contribution in [0, 0.1) is 6.92 Å². The highest BCUT2D eigenvalue weighted by Gasteiger charge is 1.90. The second kappa shape index (κ2) is 1.85. The molecule has 0 atom stereocenters. The van der Waals surface area contributed by atoms with Crippen molar-refractivity contribution < 1.29 is 0 Å². The second-order valence-electron chi connectivity index (χ2n) is 1.22. The first-order chi connectivity index (χ1) is 3.30. The van der Waals surface area contributed by atoms with Crippen molar-refractivity contribution in [2.45, 2.75) is 0 Å². The van der Waals surface area contributed by atoms with Crippen LogP contribution in [0.1, 0.15) is 5.56 Å². The molecule has 0 aliphatic heterocycles. The zero-order chi connectivity index (χ0) is 5.28. The van der Waals surface area contributed by atoms with E-state index in [-0.39, 0.29) is 0 Å². The van der Waals surface area contributed by atoms with Crippen molar-refractivity contribution in [1.29, 1.82) is 0 Å². The molecule has 0 unspecified atom stereocenters. The highest BCUT2D eigenvalue weighted by atomic mass is 35.5. The molecule has 0 spiro atoms. The van der Waals surface area contributed by atoms with Crippen LogP contribution in [0.25, 0.3) is 0 Å². The maximum atomic E-state index is 5.58. The number of hydrogen-bond donors (Lipinski definition) is 0. The molecule has 1 aromatic heterocycles.